The molecule has 25 heavy (non-hydrogen) atoms. The van der Waals surface area contributed by atoms with Crippen molar-refractivity contribution < 1.29 is 9.84 Å². The summed E-state index contributed by atoms with van der Waals surface area (Å²) in [5, 5.41) is 14.5. The Morgan fingerprint density at radius 1 is 1.16 bits per heavy atom. The molecule has 0 saturated heterocycles. The van der Waals surface area contributed by atoms with Gasteiger partial charge in [-0.15, -0.1) is 11.3 Å². The van der Waals surface area contributed by atoms with Crippen molar-refractivity contribution in [3.63, 3.8) is 0 Å². The second-order valence-electron chi connectivity index (χ2n) is 6.25. The highest BCUT2D eigenvalue weighted by molar-refractivity contribution is 7.18. The molecule has 1 unspecified atom stereocenters. The number of benzene rings is 1. The van der Waals surface area contributed by atoms with Gasteiger partial charge in [-0.2, -0.15) is 0 Å². The van der Waals surface area contributed by atoms with Crippen LogP contribution in [-0.2, 0) is 0 Å². The summed E-state index contributed by atoms with van der Waals surface area (Å²) in [4.78, 5) is 10.9. The van der Waals surface area contributed by atoms with Crippen LogP contribution in [-0.4, -0.2) is 34.3 Å². The Kier molecular flexibility index (Phi) is 5.20. The van der Waals surface area contributed by atoms with Crippen LogP contribution in [0.5, 0.6) is 5.75 Å². The highest BCUT2D eigenvalue weighted by Crippen LogP contribution is 2.32. The zero-order chi connectivity index (χ0) is 18.0. The highest BCUT2D eigenvalue weighted by Gasteiger charge is 2.14. The van der Waals surface area contributed by atoms with Crippen LogP contribution in [0.2, 0.25) is 0 Å². The van der Waals surface area contributed by atoms with Gasteiger partial charge in [-0.25, -0.2) is 9.97 Å². The van der Waals surface area contributed by atoms with Crippen LogP contribution in [0, 0.1) is 27.7 Å². The van der Waals surface area contributed by atoms with Gasteiger partial charge in [0.05, 0.1) is 5.39 Å². The fourth-order valence-corrected chi connectivity index (χ4v) is 3.79. The summed E-state index contributed by atoms with van der Waals surface area (Å²) in [6, 6.07) is 6.01. The molecule has 0 bridgehead atoms. The molecule has 0 fully saturated rings. The number of nitrogens with one attached hydrogen (secondary N) is 1. The number of ether oxygens (including phenoxy) is 1. The average Bonchev–Trinajstić information content (AvgIpc) is 2.87. The molecule has 0 aliphatic carbocycles. The maximum Gasteiger partial charge on any atom is 0.138 e. The number of anilines is 1. The molecular weight excluding hydrogens is 334 g/mol. The zero-order valence-electron chi connectivity index (χ0n) is 15.0. The van der Waals surface area contributed by atoms with E-state index in [2.05, 4.69) is 29.1 Å². The third kappa shape index (κ3) is 3.75. The number of nitrogens with zero attached hydrogens (tertiary/aromatic N) is 2. The monoisotopic (exact) mass is 357 g/mol. The van der Waals surface area contributed by atoms with E-state index in [1.54, 1.807) is 17.7 Å². The molecule has 2 N–H and O–H groups in total. The van der Waals surface area contributed by atoms with Crippen LogP contribution in [0.4, 0.5) is 5.82 Å². The number of aliphatic hydroxyl groups excluding tert-OH is 1. The van der Waals surface area contributed by atoms with Crippen molar-refractivity contribution in [3.05, 3.63) is 46.1 Å². The molecule has 0 saturated carbocycles. The number of hydrogen-bond donors (Lipinski definition) is 2. The molecule has 0 aliphatic heterocycles. The molecule has 1 aromatic carbocycles. The Labute approximate surface area is 151 Å². The van der Waals surface area contributed by atoms with Gasteiger partial charge in [0.2, 0.25) is 0 Å². The first-order valence-electron chi connectivity index (χ1n) is 8.29. The first-order chi connectivity index (χ1) is 12.0. The van der Waals surface area contributed by atoms with Gasteiger partial charge >= 0.3 is 0 Å². The minimum atomic E-state index is -0.635. The minimum absolute atomic E-state index is 0.231. The van der Waals surface area contributed by atoms with Gasteiger partial charge in [0, 0.05) is 11.4 Å². The van der Waals surface area contributed by atoms with Crippen molar-refractivity contribution in [1.29, 1.82) is 0 Å². The number of para-hydroxylation sites is 1. The van der Waals surface area contributed by atoms with Gasteiger partial charge in [0.15, 0.2) is 0 Å². The van der Waals surface area contributed by atoms with E-state index in [0.717, 1.165) is 32.9 Å². The van der Waals surface area contributed by atoms with Crippen molar-refractivity contribution >= 4 is 27.4 Å². The molecule has 0 radical (unpaired) electrons. The first kappa shape index (κ1) is 17.6. The number of hydrogen-bond acceptors (Lipinski definition) is 6. The lowest BCUT2D eigenvalue weighted by Crippen LogP contribution is -2.27. The number of fused-ring (bicyclic) bond motifs is 1. The van der Waals surface area contributed by atoms with E-state index in [0.29, 0.717) is 6.54 Å². The second kappa shape index (κ2) is 7.37. The molecule has 132 valence electrons. The normalized spacial score (nSPS) is 12.4. The Morgan fingerprint density at radius 3 is 2.60 bits per heavy atom. The summed E-state index contributed by atoms with van der Waals surface area (Å²) < 4.78 is 5.81. The lowest BCUT2D eigenvalue weighted by Gasteiger charge is -2.16. The van der Waals surface area contributed by atoms with E-state index in [4.69, 9.17) is 4.74 Å². The van der Waals surface area contributed by atoms with Crippen molar-refractivity contribution in [1.82, 2.24) is 9.97 Å². The topological polar surface area (TPSA) is 67.3 Å². The van der Waals surface area contributed by atoms with Gasteiger partial charge in [0.1, 0.15) is 35.4 Å². The van der Waals surface area contributed by atoms with E-state index < -0.39 is 6.10 Å². The largest absolute Gasteiger partial charge is 0.490 e. The molecule has 3 aromatic rings. The lowest BCUT2D eigenvalue weighted by atomic mass is 10.1. The van der Waals surface area contributed by atoms with E-state index in [9.17, 15) is 5.11 Å². The smallest absolute Gasteiger partial charge is 0.138 e. The van der Waals surface area contributed by atoms with Crippen LogP contribution >= 0.6 is 11.3 Å². The van der Waals surface area contributed by atoms with Crippen LogP contribution in [0.15, 0.2) is 24.5 Å². The predicted molar refractivity (Wildman–Crippen MR) is 103 cm³/mol. The number of aliphatic hydroxyl groups is 1. The summed E-state index contributed by atoms with van der Waals surface area (Å²) in [5.74, 6) is 1.60. The van der Waals surface area contributed by atoms with Crippen LogP contribution in [0.25, 0.3) is 10.2 Å². The van der Waals surface area contributed by atoms with Crippen molar-refractivity contribution in [3.8, 4) is 5.75 Å². The summed E-state index contributed by atoms with van der Waals surface area (Å²) in [6.45, 7) is 8.76. The standard InChI is InChI=1S/C19H23N3O2S/c1-11-6-5-7-12(2)17(11)24-9-15(23)8-20-18-16-13(3)14(4)25-19(16)22-10-21-18/h5-7,10,15,23H,8-9H2,1-4H3,(H,20,21,22). The first-order valence-corrected chi connectivity index (χ1v) is 9.10. The van der Waals surface area contributed by atoms with E-state index >= 15 is 0 Å². The molecule has 0 amide bonds. The van der Waals surface area contributed by atoms with Crippen molar-refractivity contribution in [2.24, 2.45) is 0 Å². The molecule has 0 spiro atoms. The molecule has 6 heteroatoms. The lowest BCUT2D eigenvalue weighted by molar-refractivity contribution is 0.117. The number of thiophene rings is 1. The highest BCUT2D eigenvalue weighted by atomic mass is 32.1. The summed E-state index contributed by atoms with van der Waals surface area (Å²) in [5.41, 5.74) is 3.33. The minimum Gasteiger partial charge on any atom is -0.490 e. The maximum atomic E-state index is 10.3. The van der Waals surface area contributed by atoms with Gasteiger partial charge in [0.25, 0.3) is 0 Å². The molecule has 3 rings (SSSR count). The summed E-state index contributed by atoms with van der Waals surface area (Å²) in [7, 11) is 0. The van der Waals surface area contributed by atoms with Crippen molar-refractivity contribution in [2.45, 2.75) is 33.8 Å². The van der Waals surface area contributed by atoms with E-state index in [1.165, 1.54) is 10.4 Å². The number of aromatic nitrogens is 2. The molecule has 5 nitrogen and oxygen atoms in total. The van der Waals surface area contributed by atoms with Crippen LogP contribution < -0.4 is 10.1 Å². The van der Waals surface area contributed by atoms with Crippen molar-refractivity contribution in [2.75, 3.05) is 18.5 Å². The average molecular weight is 357 g/mol. The SMILES string of the molecule is Cc1cccc(C)c1OCC(O)CNc1ncnc2sc(C)c(C)c12. The fraction of sp³-hybridized carbons (Fsp3) is 0.368. The third-order valence-corrected chi connectivity index (χ3v) is 5.41. The third-order valence-electron chi connectivity index (χ3n) is 4.30. The second-order valence-corrected chi connectivity index (χ2v) is 7.46. The number of rotatable bonds is 6. The Balaban J connectivity index is 1.64. The maximum absolute atomic E-state index is 10.3. The number of aryl methyl sites for hydroxylation is 4. The molecular formula is C19H23N3O2S. The Hall–Kier alpha value is -2.18. The Bertz CT molecular complexity index is 872. The zero-order valence-corrected chi connectivity index (χ0v) is 15.8. The van der Waals surface area contributed by atoms with E-state index in [1.807, 2.05) is 32.0 Å². The molecule has 1 atom stereocenters. The van der Waals surface area contributed by atoms with Gasteiger partial charge in [-0.1, -0.05) is 18.2 Å². The Morgan fingerprint density at radius 2 is 1.88 bits per heavy atom. The van der Waals surface area contributed by atoms with Gasteiger partial charge in [-0.05, 0) is 44.4 Å². The van der Waals surface area contributed by atoms with Crippen LogP contribution in [0.1, 0.15) is 21.6 Å². The van der Waals surface area contributed by atoms with E-state index in [-0.39, 0.29) is 6.61 Å². The van der Waals surface area contributed by atoms with Gasteiger partial charge < -0.3 is 15.2 Å². The summed E-state index contributed by atoms with van der Waals surface area (Å²) in [6.07, 6.45) is 0.920. The fourth-order valence-electron chi connectivity index (χ4n) is 2.80. The quantitative estimate of drug-likeness (QED) is 0.703. The summed E-state index contributed by atoms with van der Waals surface area (Å²) >= 11 is 1.66. The molecule has 2 aromatic heterocycles. The predicted octanol–water partition coefficient (Wildman–Crippen LogP) is 3.78. The van der Waals surface area contributed by atoms with Gasteiger partial charge in [-0.3, -0.25) is 0 Å². The molecule has 2 heterocycles. The molecule has 0 aliphatic rings. The van der Waals surface area contributed by atoms with Crippen LogP contribution in [0.3, 0.4) is 0 Å².